The van der Waals surface area contributed by atoms with Gasteiger partial charge in [-0.2, -0.15) is 0 Å². The molecule has 6 aromatic rings. The third-order valence-corrected chi connectivity index (χ3v) is 7.62. The summed E-state index contributed by atoms with van der Waals surface area (Å²) in [6.45, 7) is 3.28. The minimum Gasteiger partial charge on any atom is -0.489 e. The molecular weight excluding hydrogens is 516 g/mol. The number of amides is 1. The van der Waals surface area contributed by atoms with Crippen LogP contribution in [0.15, 0.2) is 140 Å². The van der Waals surface area contributed by atoms with Gasteiger partial charge >= 0.3 is 0 Å². The molecule has 0 unspecified atom stereocenters. The van der Waals surface area contributed by atoms with Gasteiger partial charge in [0.2, 0.25) is 5.91 Å². The normalized spacial score (nSPS) is 11.7. The van der Waals surface area contributed by atoms with Gasteiger partial charge in [-0.25, -0.2) is 0 Å². The van der Waals surface area contributed by atoms with Gasteiger partial charge in [0.05, 0.1) is 0 Å². The summed E-state index contributed by atoms with van der Waals surface area (Å²) < 4.78 is 8.49. The van der Waals surface area contributed by atoms with E-state index in [4.69, 9.17) is 4.74 Å². The van der Waals surface area contributed by atoms with Crippen molar-refractivity contribution in [1.82, 2.24) is 4.57 Å². The predicted molar refractivity (Wildman–Crippen MR) is 171 cm³/mol. The molecule has 0 saturated carbocycles. The van der Waals surface area contributed by atoms with Crippen LogP contribution in [0.5, 0.6) is 5.75 Å². The quantitative estimate of drug-likeness (QED) is 0.185. The number of carbonyl (C=O) groups excluding carboxylic acids is 1. The highest BCUT2D eigenvalue weighted by atomic mass is 16.5. The number of rotatable bonds is 10. The second-order valence-corrected chi connectivity index (χ2v) is 10.7. The fourth-order valence-electron chi connectivity index (χ4n) is 5.47. The van der Waals surface area contributed by atoms with Gasteiger partial charge in [-0.05, 0) is 59.5 Å². The Balaban J connectivity index is 1.36. The van der Waals surface area contributed by atoms with E-state index in [-0.39, 0.29) is 11.8 Å². The lowest BCUT2D eigenvalue weighted by atomic mass is 9.88. The van der Waals surface area contributed by atoms with Crippen LogP contribution in [-0.2, 0) is 17.9 Å². The van der Waals surface area contributed by atoms with E-state index in [0.29, 0.717) is 13.0 Å². The van der Waals surface area contributed by atoms with Crippen molar-refractivity contribution in [2.75, 3.05) is 5.32 Å². The molecule has 0 bridgehead atoms. The maximum Gasteiger partial charge on any atom is 0.225 e. The molecule has 1 aromatic heterocycles. The average Bonchev–Trinajstić information content (AvgIpc) is 3.39. The SMILES string of the molecule is Cc1ccc(NC(=O)C[C@H](c2cccc(OCc3ccccc3)c2)c2cn(Cc3ccccc3)c3ccccc23)cc1. The first-order chi connectivity index (χ1) is 20.6. The van der Waals surface area contributed by atoms with Crippen LogP contribution in [0.2, 0.25) is 0 Å². The number of para-hydroxylation sites is 1. The van der Waals surface area contributed by atoms with Gasteiger partial charge in [-0.15, -0.1) is 0 Å². The van der Waals surface area contributed by atoms with Gasteiger partial charge in [0.25, 0.3) is 0 Å². The van der Waals surface area contributed by atoms with Gasteiger partial charge in [-0.3, -0.25) is 4.79 Å². The maximum absolute atomic E-state index is 13.5. The van der Waals surface area contributed by atoms with Crippen molar-refractivity contribution in [3.05, 3.63) is 167 Å². The van der Waals surface area contributed by atoms with Crippen molar-refractivity contribution in [3.8, 4) is 5.75 Å². The van der Waals surface area contributed by atoms with Crippen molar-refractivity contribution in [2.24, 2.45) is 0 Å². The molecule has 0 radical (unpaired) electrons. The van der Waals surface area contributed by atoms with Crippen LogP contribution in [0.3, 0.4) is 0 Å². The summed E-state index contributed by atoms with van der Waals surface area (Å²) in [7, 11) is 0. The van der Waals surface area contributed by atoms with Crippen LogP contribution in [0.1, 0.15) is 40.2 Å². The molecule has 4 nitrogen and oxygen atoms in total. The zero-order chi connectivity index (χ0) is 28.7. The first kappa shape index (κ1) is 27.1. The minimum atomic E-state index is -0.169. The highest BCUT2D eigenvalue weighted by molar-refractivity contribution is 5.93. The number of fused-ring (bicyclic) bond motifs is 1. The fourth-order valence-corrected chi connectivity index (χ4v) is 5.47. The van der Waals surface area contributed by atoms with E-state index in [9.17, 15) is 4.79 Å². The Kier molecular flexibility index (Phi) is 8.14. The van der Waals surface area contributed by atoms with E-state index in [1.165, 1.54) is 5.56 Å². The number of aromatic nitrogens is 1. The van der Waals surface area contributed by atoms with Crippen LogP contribution in [0.25, 0.3) is 10.9 Å². The molecule has 0 saturated heterocycles. The average molecular weight is 551 g/mol. The van der Waals surface area contributed by atoms with E-state index in [2.05, 4.69) is 88.9 Å². The molecule has 1 atom stereocenters. The number of hydrogen-bond acceptors (Lipinski definition) is 2. The molecule has 42 heavy (non-hydrogen) atoms. The number of benzene rings is 5. The molecule has 5 aromatic carbocycles. The monoisotopic (exact) mass is 550 g/mol. The lowest BCUT2D eigenvalue weighted by Crippen LogP contribution is -2.16. The number of ether oxygens (including phenoxy) is 1. The van der Waals surface area contributed by atoms with Gasteiger partial charge in [0, 0.05) is 41.7 Å². The third kappa shape index (κ3) is 6.45. The molecule has 4 heteroatoms. The molecule has 208 valence electrons. The van der Waals surface area contributed by atoms with E-state index in [0.717, 1.165) is 51.1 Å². The number of nitrogens with one attached hydrogen (secondary N) is 1. The summed E-state index contributed by atoms with van der Waals surface area (Å²) in [6.07, 6.45) is 2.52. The number of carbonyl (C=O) groups is 1. The molecule has 1 N–H and O–H groups in total. The number of anilines is 1. The van der Waals surface area contributed by atoms with Crippen LogP contribution in [0.4, 0.5) is 5.69 Å². The summed E-state index contributed by atoms with van der Waals surface area (Å²) in [5.41, 5.74) is 7.62. The zero-order valence-electron chi connectivity index (χ0n) is 23.7. The minimum absolute atomic E-state index is 0.0284. The lowest BCUT2D eigenvalue weighted by molar-refractivity contribution is -0.116. The van der Waals surface area contributed by atoms with Crippen LogP contribution in [0, 0.1) is 6.92 Å². The maximum atomic E-state index is 13.5. The Morgan fingerprint density at radius 2 is 1.45 bits per heavy atom. The highest BCUT2D eigenvalue weighted by Crippen LogP contribution is 2.36. The Morgan fingerprint density at radius 3 is 2.21 bits per heavy atom. The van der Waals surface area contributed by atoms with E-state index >= 15 is 0 Å². The second-order valence-electron chi connectivity index (χ2n) is 10.7. The van der Waals surface area contributed by atoms with Gasteiger partial charge < -0.3 is 14.6 Å². The molecule has 0 aliphatic heterocycles. The lowest BCUT2D eigenvalue weighted by Gasteiger charge is -2.19. The van der Waals surface area contributed by atoms with Gasteiger partial charge in [0.15, 0.2) is 0 Å². The number of nitrogens with zero attached hydrogens (tertiary/aromatic N) is 1. The Hall–Kier alpha value is -5.09. The second kappa shape index (κ2) is 12.6. The zero-order valence-corrected chi connectivity index (χ0v) is 23.7. The predicted octanol–water partition coefficient (Wildman–Crippen LogP) is 8.74. The first-order valence-electron chi connectivity index (χ1n) is 14.4. The highest BCUT2D eigenvalue weighted by Gasteiger charge is 2.23. The molecule has 0 aliphatic rings. The smallest absolute Gasteiger partial charge is 0.225 e. The van der Waals surface area contributed by atoms with Crippen LogP contribution < -0.4 is 10.1 Å². The topological polar surface area (TPSA) is 43.3 Å². The molecule has 0 aliphatic carbocycles. The summed E-state index contributed by atoms with van der Waals surface area (Å²) in [5.74, 6) is 0.588. The van der Waals surface area contributed by atoms with Crippen molar-refractivity contribution in [2.45, 2.75) is 32.4 Å². The fraction of sp³-hybridized carbons (Fsp3) is 0.132. The number of hydrogen-bond donors (Lipinski definition) is 1. The number of aryl methyl sites for hydroxylation is 1. The molecular formula is C38H34N2O2. The third-order valence-electron chi connectivity index (χ3n) is 7.62. The summed E-state index contributed by atoms with van der Waals surface area (Å²) in [5, 5.41) is 4.27. The van der Waals surface area contributed by atoms with Crippen molar-refractivity contribution >= 4 is 22.5 Å². The summed E-state index contributed by atoms with van der Waals surface area (Å²) in [6, 6.07) is 45.2. The standard InChI is InChI=1S/C38H34N2O2/c1-28-19-21-32(22-20-28)39-38(41)24-35(31-15-10-16-33(23-31)42-27-30-13-6-3-7-14-30)36-26-40(25-29-11-4-2-5-12-29)37-18-9-8-17-34(36)37/h2-23,26,35H,24-25,27H2,1H3,(H,39,41)/t35-/m1/s1. The van der Waals surface area contributed by atoms with E-state index in [1.54, 1.807) is 0 Å². The van der Waals surface area contributed by atoms with Crippen LogP contribution in [-0.4, -0.2) is 10.5 Å². The Morgan fingerprint density at radius 1 is 0.762 bits per heavy atom. The van der Waals surface area contributed by atoms with Crippen molar-refractivity contribution < 1.29 is 9.53 Å². The Labute approximate surface area is 247 Å². The first-order valence-corrected chi connectivity index (χ1v) is 14.4. The van der Waals surface area contributed by atoms with Gasteiger partial charge in [-0.1, -0.05) is 109 Å². The largest absolute Gasteiger partial charge is 0.489 e. The molecule has 0 spiro atoms. The molecule has 1 heterocycles. The molecule has 1 amide bonds. The van der Waals surface area contributed by atoms with Crippen molar-refractivity contribution in [1.29, 1.82) is 0 Å². The Bertz CT molecular complexity index is 1770. The van der Waals surface area contributed by atoms with Crippen molar-refractivity contribution in [3.63, 3.8) is 0 Å². The summed E-state index contributed by atoms with van der Waals surface area (Å²) in [4.78, 5) is 13.5. The van der Waals surface area contributed by atoms with E-state index in [1.807, 2.05) is 67.6 Å². The molecule has 6 rings (SSSR count). The summed E-state index contributed by atoms with van der Waals surface area (Å²) >= 11 is 0. The molecule has 0 fully saturated rings. The van der Waals surface area contributed by atoms with E-state index < -0.39 is 0 Å². The van der Waals surface area contributed by atoms with Gasteiger partial charge in [0.1, 0.15) is 12.4 Å². The van der Waals surface area contributed by atoms with Crippen LogP contribution >= 0.6 is 0 Å².